The molecule has 0 unspecified atom stereocenters. The lowest BCUT2D eigenvalue weighted by molar-refractivity contribution is 0.370. The monoisotopic (exact) mass is 366 g/mol. The van der Waals surface area contributed by atoms with Gasteiger partial charge < -0.3 is 4.74 Å². The molecule has 0 aliphatic rings. The lowest BCUT2D eigenvalue weighted by Crippen LogP contribution is -2.00. The van der Waals surface area contributed by atoms with Crippen molar-refractivity contribution in [2.75, 3.05) is 7.11 Å². The van der Waals surface area contributed by atoms with Gasteiger partial charge in [0.05, 0.1) is 7.11 Å². The van der Waals surface area contributed by atoms with Crippen LogP contribution in [0.25, 0.3) is 11.1 Å². The van der Waals surface area contributed by atoms with Gasteiger partial charge in [-0.1, -0.05) is 67.9 Å². The van der Waals surface area contributed by atoms with Crippen LogP contribution in [0.15, 0.2) is 60.7 Å². The summed E-state index contributed by atoms with van der Waals surface area (Å²) >= 11 is 0. The Kier molecular flexibility index (Phi) is 6.23. The fourth-order valence-corrected chi connectivity index (χ4v) is 3.22. The van der Waals surface area contributed by atoms with E-state index >= 15 is 0 Å². The number of benzene rings is 3. The minimum atomic E-state index is -0.920. The van der Waals surface area contributed by atoms with E-state index in [0.29, 0.717) is 18.4 Å². The van der Waals surface area contributed by atoms with Crippen LogP contribution in [-0.2, 0) is 19.3 Å². The maximum absolute atomic E-state index is 14.1. The average molecular weight is 366 g/mol. The van der Waals surface area contributed by atoms with Gasteiger partial charge in [0.25, 0.3) is 0 Å². The zero-order valence-corrected chi connectivity index (χ0v) is 15.8. The molecule has 0 aliphatic carbocycles. The Hall–Kier alpha value is -2.68. The van der Waals surface area contributed by atoms with Crippen LogP contribution >= 0.6 is 0 Å². The van der Waals surface area contributed by atoms with Gasteiger partial charge in [-0.05, 0) is 53.1 Å². The van der Waals surface area contributed by atoms with Crippen molar-refractivity contribution < 1.29 is 13.5 Å². The third-order valence-corrected chi connectivity index (χ3v) is 4.81. The van der Waals surface area contributed by atoms with Gasteiger partial charge in [0.15, 0.2) is 11.6 Å². The van der Waals surface area contributed by atoms with Crippen molar-refractivity contribution in [1.82, 2.24) is 0 Å². The number of hydrogen-bond donors (Lipinski definition) is 0. The molecule has 3 heteroatoms. The Morgan fingerprint density at radius 2 is 1.22 bits per heavy atom. The summed E-state index contributed by atoms with van der Waals surface area (Å²) in [5.41, 5.74) is 5.15. The van der Waals surface area contributed by atoms with Crippen molar-refractivity contribution >= 4 is 0 Å². The fraction of sp³-hybridized carbons (Fsp3) is 0.250. The maximum Gasteiger partial charge on any atom is 0.200 e. The second-order valence-corrected chi connectivity index (χ2v) is 6.70. The first-order valence-corrected chi connectivity index (χ1v) is 9.31. The van der Waals surface area contributed by atoms with Crippen LogP contribution in [0.2, 0.25) is 0 Å². The Balaban J connectivity index is 1.67. The minimum Gasteiger partial charge on any atom is -0.494 e. The Labute approximate surface area is 159 Å². The Bertz CT molecular complexity index is 884. The van der Waals surface area contributed by atoms with Gasteiger partial charge in [0, 0.05) is 0 Å². The van der Waals surface area contributed by atoms with Gasteiger partial charge in [-0.15, -0.1) is 0 Å². The van der Waals surface area contributed by atoms with Crippen molar-refractivity contribution in [2.45, 2.75) is 32.6 Å². The molecule has 0 spiro atoms. The van der Waals surface area contributed by atoms with E-state index in [1.807, 2.05) is 12.1 Å². The molecule has 1 nitrogen and oxygen atoms in total. The molecule has 0 N–H and O–H groups in total. The molecule has 27 heavy (non-hydrogen) atoms. The van der Waals surface area contributed by atoms with Gasteiger partial charge in [0.2, 0.25) is 5.82 Å². The molecule has 0 heterocycles. The van der Waals surface area contributed by atoms with E-state index in [1.165, 1.54) is 24.3 Å². The number of rotatable bonds is 7. The molecule has 0 saturated carbocycles. The minimum absolute atomic E-state index is 0.0643. The molecule has 0 atom stereocenters. The molecule has 140 valence electrons. The maximum atomic E-state index is 14.1. The third-order valence-electron chi connectivity index (χ3n) is 4.81. The normalized spacial score (nSPS) is 10.8. The van der Waals surface area contributed by atoms with Gasteiger partial charge in [-0.2, -0.15) is 4.39 Å². The van der Waals surface area contributed by atoms with Crippen LogP contribution in [-0.4, -0.2) is 7.11 Å². The van der Waals surface area contributed by atoms with Crippen LogP contribution in [0.4, 0.5) is 8.78 Å². The summed E-state index contributed by atoms with van der Waals surface area (Å²) in [6.45, 7) is 2.18. The number of halogens is 2. The molecule has 0 aliphatic heterocycles. The van der Waals surface area contributed by atoms with Crippen molar-refractivity contribution in [2.24, 2.45) is 0 Å². The molecule has 3 rings (SSSR count). The van der Waals surface area contributed by atoms with Crippen LogP contribution in [0, 0.1) is 11.6 Å². The quantitative estimate of drug-likeness (QED) is 0.471. The zero-order chi connectivity index (χ0) is 19.2. The van der Waals surface area contributed by atoms with Crippen LogP contribution < -0.4 is 4.74 Å². The lowest BCUT2D eigenvalue weighted by atomic mass is 9.99. The summed E-state index contributed by atoms with van der Waals surface area (Å²) in [6.07, 6.45) is 3.34. The second-order valence-electron chi connectivity index (χ2n) is 6.70. The van der Waals surface area contributed by atoms with E-state index in [-0.39, 0.29) is 5.75 Å². The molecular weight excluding hydrogens is 342 g/mol. The summed E-state index contributed by atoms with van der Waals surface area (Å²) in [4.78, 5) is 0. The van der Waals surface area contributed by atoms with Gasteiger partial charge in [-0.25, -0.2) is 4.39 Å². The topological polar surface area (TPSA) is 9.23 Å². The molecule has 3 aromatic carbocycles. The molecular formula is C24H24F2O. The van der Waals surface area contributed by atoms with Crippen LogP contribution in [0.5, 0.6) is 5.75 Å². The first-order valence-electron chi connectivity index (χ1n) is 9.31. The molecule has 0 fully saturated rings. The van der Waals surface area contributed by atoms with Gasteiger partial charge in [0.1, 0.15) is 0 Å². The van der Waals surface area contributed by atoms with E-state index in [2.05, 4.69) is 43.3 Å². The number of ether oxygens (including phenoxy) is 1. The van der Waals surface area contributed by atoms with Crippen molar-refractivity contribution in [1.29, 1.82) is 0 Å². The zero-order valence-electron chi connectivity index (χ0n) is 15.8. The highest BCUT2D eigenvalue weighted by atomic mass is 19.2. The SMILES string of the molecule is CCCc1ccc(-c2ccc(CCc3ccc(OC)c(F)c3F)cc2)cc1. The summed E-state index contributed by atoms with van der Waals surface area (Å²) in [7, 11) is 1.33. The van der Waals surface area contributed by atoms with E-state index in [4.69, 9.17) is 4.74 Å². The summed E-state index contributed by atoms with van der Waals surface area (Å²) in [6, 6.07) is 20.0. The van der Waals surface area contributed by atoms with Crippen LogP contribution in [0.3, 0.4) is 0 Å². The van der Waals surface area contributed by atoms with E-state index < -0.39 is 11.6 Å². The fourth-order valence-electron chi connectivity index (χ4n) is 3.22. The van der Waals surface area contributed by atoms with Gasteiger partial charge in [-0.3, -0.25) is 0 Å². The van der Waals surface area contributed by atoms with Crippen molar-refractivity contribution in [3.05, 3.63) is 89.0 Å². The van der Waals surface area contributed by atoms with Crippen molar-refractivity contribution in [3.63, 3.8) is 0 Å². The molecule has 0 saturated heterocycles. The highest BCUT2D eigenvalue weighted by molar-refractivity contribution is 5.64. The lowest BCUT2D eigenvalue weighted by Gasteiger charge is -2.09. The first kappa shape index (κ1) is 19.1. The predicted octanol–water partition coefficient (Wildman–Crippen LogP) is 6.38. The number of aryl methyl sites for hydroxylation is 3. The molecule has 0 bridgehead atoms. The number of hydrogen-bond acceptors (Lipinski definition) is 1. The molecule has 3 aromatic rings. The molecule has 0 amide bonds. The van der Waals surface area contributed by atoms with Crippen LogP contribution in [0.1, 0.15) is 30.0 Å². The predicted molar refractivity (Wildman–Crippen MR) is 106 cm³/mol. The largest absolute Gasteiger partial charge is 0.494 e. The third kappa shape index (κ3) is 4.54. The highest BCUT2D eigenvalue weighted by Gasteiger charge is 2.13. The van der Waals surface area contributed by atoms with E-state index in [1.54, 1.807) is 6.07 Å². The Morgan fingerprint density at radius 3 is 1.74 bits per heavy atom. The Morgan fingerprint density at radius 1 is 0.667 bits per heavy atom. The summed E-state index contributed by atoms with van der Waals surface area (Å²) in [5, 5.41) is 0. The standard InChI is InChI=1S/C24H24F2O/c1-3-4-17-5-10-19(11-6-17)20-12-7-18(8-13-20)9-14-21-15-16-22(27-2)24(26)23(21)25/h5-8,10-13,15-16H,3-4,9,14H2,1-2H3. The molecule has 0 radical (unpaired) electrons. The smallest absolute Gasteiger partial charge is 0.200 e. The van der Waals surface area contributed by atoms with E-state index in [0.717, 1.165) is 24.0 Å². The van der Waals surface area contributed by atoms with Gasteiger partial charge >= 0.3 is 0 Å². The highest BCUT2D eigenvalue weighted by Crippen LogP contribution is 2.24. The number of methoxy groups -OCH3 is 1. The van der Waals surface area contributed by atoms with Crippen molar-refractivity contribution in [3.8, 4) is 16.9 Å². The average Bonchev–Trinajstić information content (AvgIpc) is 2.70. The summed E-state index contributed by atoms with van der Waals surface area (Å²) < 4.78 is 32.7. The molecule has 0 aromatic heterocycles. The summed E-state index contributed by atoms with van der Waals surface area (Å²) in [5.74, 6) is -1.81. The second kappa shape index (κ2) is 8.81. The first-order chi connectivity index (χ1) is 13.1. The van der Waals surface area contributed by atoms with E-state index in [9.17, 15) is 8.78 Å².